The summed E-state index contributed by atoms with van der Waals surface area (Å²) in [6, 6.07) is 7.56. The molecule has 19 heavy (non-hydrogen) atoms. The Morgan fingerprint density at radius 1 is 1.47 bits per heavy atom. The Labute approximate surface area is 112 Å². The fourth-order valence-electron chi connectivity index (χ4n) is 2.22. The van der Waals surface area contributed by atoms with Gasteiger partial charge < -0.3 is 15.4 Å². The number of carbonyl (C=O) groups is 1. The molecule has 0 aliphatic carbocycles. The summed E-state index contributed by atoms with van der Waals surface area (Å²) in [4.78, 5) is 16.2. The summed E-state index contributed by atoms with van der Waals surface area (Å²) in [5.41, 5.74) is 2.28. The highest BCUT2D eigenvalue weighted by Gasteiger charge is 2.17. The first-order valence-electron chi connectivity index (χ1n) is 6.25. The van der Waals surface area contributed by atoms with Crippen molar-refractivity contribution in [2.24, 2.45) is 0 Å². The van der Waals surface area contributed by atoms with Crippen LogP contribution in [0, 0.1) is 0 Å². The molecule has 1 unspecified atom stereocenters. The van der Waals surface area contributed by atoms with Crippen molar-refractivity contribution in [1.29, 1.82) is 0 Å². The Morgan fingerprint density at radius 3 is 2.89 bits per heavy atom. The SMILES string of the molecule is CNC(CN(C)Cc1c[nH]c2ccccc12)C(=O)O. The predicted molar refractivity (Wildman–Crippen MR) is 75.1 cm³/mol. The Hall–Kier alpha value is -1.85. The molecule has 3 N–H and O–H groups in total. The lowest BCUT2D eigenvalue weighted by Crippen LogP contribution is -2.43. The Balaban J connectivity index is 2.06. The number of aliphatic carboxylic acids is 1. The van der Waals surface area contributed by atoms with Gasteiger partial charge in [-0.05, 0) is 25.7 Å². The van der Waals surface area contributed by atoms with Crippen LogP contribution in [0.5, 0.6) is 0 Å². The highest BCUT2D eigenvalue weighted by Crippen LogP contribution is 2.18. The zero-order valence-electron chi connectivity index (χ0n) is 11.2. The van der Waals surface area contributed by atoms with Crippen LogP contribution in [0.3, 0.4) is 0 Å². The predicted octanol–water partition coefficient (Wildman–Crippen LogP) is 1.27. The van der Waals surface area contributed by atoms with Gasteiger partial charge in [-0.3, -0.25) is 9.69 Å². The van der Waals surface area contributed by atoms with Gasteiger partial charge in [0.25, 0.3) is 0 Å². The van der Waals surface area contributed by atoms with Crippen molar-refractivity contribution < 1.29 is 9.90 Å². The molecule has 1 aromatic carbocycles. The second-order valence-corrected chi connectivity index (χ2v) is 4.74. The van der Waals surface area contributed by atoms with Gasteiger partial charge in [0.15, 0.2) is 0 Å². The average Bonchev–Trinajstić information content (AvgIpc) is 2.79. The second kappa shape index (κ2) is 5.86. The molecule has 0 aliphatic rings. The molecule has 0 amide bonds. The van der Waals surface area contributed by atoms with E-state index in [0.717, 1.165) is 12.1 Å². The first-order valence-corrected chi connectivity index (χ1v) is 6.25. The lowest BCUT2D eigenvalue weighted by Gasteiger charge is -2.20. The van der Waals surface area contributed by atoms with E-state index in [2.05, 4.69) is 16.4 Å². The molecule has 1 atom stereocenters. The molecule has 0 spiro atoms. The number of aromatic amines is 1. The highest BCUT2D eigenvalue weighted by atomic mass is 16.4. The lowest BCUT2D eigenvalue weighted by atomic mass is 10.1. The normalized spacial score (nSPS) is 13.0. The molecule has 0 aliphatic heterocycles. The molecule has 1 aromatic heterocycles. The van der Waals surface area contributed by atoms with Crippen molar-refractivity contribution in [2.45, 2.75) is 12.6 Å². The molecule has 0 fully saturated rings. The van der Waals surface area contributed by atoms with Gasteiger partial charge in [-0.2, -0.15) is 0 Å². The number of nitrogens with one attached hydrogen (secondary N) is 2. The summed E-state index contributed by atoms with van der Waals surface area (Å²) in [6.45, 7) is 1.18. The Morgan fingerprint density at radius 2 is 2.21 bits per heavy atom. The standard InChI is InChI=1S/C14H19N3O2/c1-15-13(14(18)19)9-17(2)8-10-7-16-12-6-4-3-5-11(10)12/h3-7,13,15-16H,8-9H2,1-2H3,(H,18,19). The van der Waals surface area contributed by atoms with Crippen molar-refractivity contribution in [3.63, 3.8) is 0 Å². The number of carboxylic acids is 1. The van der Waals surface area contributed by atoms with E-state index in [4.69, 9.17) is 5.11 Å². The maximum absolute atomic E-state index is 11.0. The summed E-state index contributed by atoms with van der Waals surface area (Å²) in [5.74, 6) is -0.826. The first-order chi connectivity index (χ1) is 9.11. The van der Waals surface area contributed by atoms with E-state index in [0.29, 0.717) is 6.54 Å². The van der Waals surface area contributed by atoms with Crippen molar-refractivity contribution in [2.75, 3.05) is 20.6 Å². The molecule has 0 saturated carbocycles. The number of nitrogens with zero attached hydrogens (tertiary/aromatic N) is 1. The smallest absolute Gasteiger partial charge is 0.322 e. The van der Waals surface area contributed by atoms with Crippen LogP contribution in [-0.2, 0) is 11.3 Å². The maximum atomic E-state index is 11.0. The van der Waals surface area contributed by atoms with Gasteiger partial charge in [0.05, 0.1) is 0 Å². The van der Waals surface area contributed by atoms with Crippen LogP contribution in [0.25, 0.3) is 10.9 Å². The molecule has 2 rings (SSSR count). The Kier molecular flexibility index (Phi) is 4.19. The number of para-hydroxylation sites is 1. The van der Waals surface area contributed by atoms with E-state index in [1.807, 2.05) is 36.3 Å². The quantitative estimate of drug-likeness (QED) is 0.732. The fraction of sp³-hybridized carbons (Fsp3) is 0.357. The van der Waals surface area contributed by atoms with Crippen LogP contribution in [-0.4, -0.2) is 47.6 Å². The van der Waals surface area contributed by atoms with E-state index in [1.165, 1.54) is 10.9 Å². The number of aromatic nitrogens is 1. The van der Waals surface area contributed by atoms with E-state index >= 15 is 0 Å². The monoisotopic (exact) mass is 261 g/mol. The zero-order valence-corrected chi connectivity index (χ0v) is 11.2. The number of fused-ring (bicyclic) bond motifs is 1. The molecule has 0 saturated heterocycles. The molecule has 5 heteroatoms. The number of rotatable bonds is 6. The van der Waals surface area contributed by atoms with E-state index in [-0.39, 0.29) is 0 Å². The van der Waals surface area contributed by atoms with Gasteiger partial charge in [0, 0.05) is 30.2 Å². The summed E-state index contributed by atoms with van der Waals surface area (Å²) in [7, 11) is 3.59. The summed E-state index contributed by atoms with van der Waals surface area (Å²) < 4.78 is 0. The van der Waals surface area contributed by atoms with Crippen LogP contribution in [0.15, 0.2) is 30.5 Å². The van der Waals surface area contributed by atoms with Crippen LogP contribution in [0.1, 0.15) is 5.56 Å². The average molecular weight is 261 g/mol. The van der Waals surface area contributed by atoms with Crippen molar-refractivity contribution in [3.8, 4) is 0 Å². The third-order valence-electron chi connectivity index (χ3n) is 3.26. The van der Waals surface area contributed by atoms with Crippen LogP contribution < -0.4 is 5.32 Å². The summed E-state index contributed by atoms with van der Waals surface area (Å²) in [6.07, 6.45) is 1.98. The van der Waals surface area contributed by atoms with Gasteiger partial charge in [-0.15, -0.1) is 0 Å². The second-order valence-electron chi connectivity index (χ2n) is 4.74. The number of H-pyrrole nitrogens is 1. The van der Waals surface area contributed by atoms with Crippen molar-refractivity contribution >= 4 is 16.9 Å². The van der Waals surface area contributed by atoms with Crippen molar-refractivity contribution in [1.82, 2.24) is 15.2 Å². The minimum atomic E-state index is -0.826. The number of hydrogen-bond donors (Lipinski definition) is 3. The molecule has 0 bridgehead atoms. The van der Waals surface area contributed by atoms with Gasteiger partial charge in [0.1, 0.15) is 6.04 Å². The zero-order chi connectivity index (χ0) is 13.8. The van der Waals surface area contributed by atoms with Gasteiger partial charge in [0.2, 0.25) is 0 Å². The van der Waals surface area contributed by atoms with E-state index < -0.39 is 12.0 Å². The third kappa shape index (κ3) is 3.13. The molecule has 2 aromatic rings. The van der Waals surface area contributed by atoms with Crippen LogP contribution in [0.4, 0.5) is 0 Å². The summed E-state index contributed by atoms with van der Waals surface area (Å²) in [5, 5.41) is 13.0. The number of benzene rings is 1. The van der Waals surface area contributed by atoms with Gasteiger partial charge in [-0.1, -0.05) is 18.2 Å². The minimum Gasteiger partial charge on any atom is -0.480 e. The summed E-state index contributed by atoms with van der Waals surface area (Å²) >= 11 is 0. The highest BCUT2D eigenvalue weighted by molar-refractivity contribution is 5.83. The van der Waals surface area contributed by atoms with Gasteiger partial charge in [-0.25, -0.2) is 0 Å². The molecule has 5 nitrogen and oxygen atoms in total. The largest absolute Gasteiger partial charge is 0.480 e. The number of carboxylic acid groups (broad SMARTS) is 1. The molecular weight excluding hydrogens is 242 g/mol. The van der Waals surface area contributed by atoms with Crippen LogP contribution >= 0.6 is 0 Å². The molecular formula is C14H19N3O2. The van der Waals surface area contributed by atoms with E-state index in [9.17, 15) is 4.79 Å². The van der Waals surface area contributed by atoms with Crippen LogP contribution in [0.2, 0.25) is 0 Å². The third-order valence-corrected chi connectivity index (χ3v) is 3.26. The Bertz CT molecular complexity index is 565. The number of likely N-dealkylation sites (N-methyl/N-ethyl adjacent to an activating group) is 2. The lowest BCUT2D eigenvalue weighted by molar-refractivity contribution is -0.139. The topological polar surface area (TPSA) is 68.4 Å². The first kappa shape index (κ1) is 13.6. The fourth-order valence-corrected chi connectivity index (χ4v) is 2.22. The molecule has 1 heterocycles. The number of hydrogen-bond acceptors (Lipinski definition) is 3. The van der Waals surface area contributed by atoms with Gasteiger partial charge >= 0.3 is 5.97 Å². The molecule has 0 radical (unpaired) electrons. The van der Waals surface area contributed by atoms with E-state index in [1.54, 1.807) is 7.05 Å². The van der Waals surface area contributed by atoms with Crippen molar-refractivity contribution in [3.05, 3.63) is 36.0 Å². The molecule has 102 valence electrons. The maximum Gasteiger partial charge on any atom is 0.322 e. The minimum absolute atomic E-state index is 0.464.